The maximum absolute atomic E-state index is 12.7. The molecule has 0 fully saturated rings. The average Bonchev–Trinajstić information content (AvgIpc) is 2.87. The van der Waals surface area contributed by atoms with E-state index in [2.05, 4.69) is 9.97 Å². The highest BCUT2D eigenvalue weighted by Gasteiger charge is 2.31. The summed E-state index contributed by atoms with van der Waals surface area (Å²) in [5.41, 5.74) is -0.581. The molecule has 0 unspecified atom stereocenters. The molecule has 0 aromatic carbocycles. The van der Waals surface area contributed by atoms with Gasteiger partial charge < -0.3 is 9.30 Å². The van der Waals surface area contributed by atoms with Crippen LogP contribution in [-0.2, 0) is 22.3 Å². The number of imidazole rings is 1. The van der Waals surface area contributed by atoms with Crippen molar-refractivity contribution in [2.75, 3.05) is 0 Å². The van der Waals surface area contributed by atoms with E-state index in [1.165, 1.54) is 0 Å². The van der Waals surface area contributed by atoms with Crippen LogP contribution in [0.4, 0.5) is 13.2 Å². The first-order valence-corrected chi connectivity index (χ1v) is 9.71. The lowest BCUT2D eigenvalue weighted by Gasteiger charge is -2.19. The van der Waals surface area contributed by atoms with E-state index in [1.54, 1.807) is 27.0 Å². The summed E-state index contributed by atoms with van der Waals surface area (Å²) in [6.07, 6.45) is -1.33. The Morgan fingerprint density at radius 3 is 2.50 bits per heavy atom. The van der Waals surface area contributed by atoms with Gasteiger partial charge in [0.05, 0.1) is 10.6 Å². The van der Waals surface area contributed by atoms with Crippen molar-refractivity contribution in [3.63, 3.8) is 0 Å². The molecule has 0 radical (unpaired) electrons. The molecule has 2 aromatic heterocycles. The van der Waals surface area contributed by atoms with Crippen LogP contribution in [0.1, 0.15) is 44.9 Å². The number of carbonyl (C=O) groups is 1. The van der Waals surface area contributed by atoms with Crippen LogP contribution >= 0.6 is 23.4 Å². The molecule has 10 heteroatoms. The molecule has 0 aliphatic rings. The van der Waals surface area contributed by atoms with E-state index in [0.29, 0.717) is 18.1 Å². The summed E-state index contributed by atoms with van der Waals surface area (Å²) in [6.45, 7) is 7.78. The summed E-state index contributed by atoms with van der Waals surface area (Å²) in [5, 5.41) is 0.672. The highest BCUT2D eigenvalue weighted by atomic mass is 35.5. The number of alkyl halides is 3. The molecule has 0 spiro atoms. The minimum Gasteiger partial charge on any atom is -0.460 e. The molecule has 28 heavy (non-hydrogen) atoms. The molecule has 0 saturated heterocycles. The van der Waals surface area contributed by atoms with Gasteiger partial charge >= 0.3 is 12.1 Å². The number of hydrogen-bond donors (Lipinski definition) is 0. The molecule has 0 atom stereocenters. The third kappa shape index (κ3) is 6.41. The second kappa shape index (κ2) is 8.73. The first kappa shape index (κ1) is 22.5. The number of aromatic nitrogens is 3. The first-order valence-electron chi connectivity index (χ1n) is 8.51. The summed E-state index contributed by atoms with van der Waals surface area (Å²) in [4.78, 5) is 19.9. The van der Waals surface area contributed by atoms with E-state index in [9.17, 15) is 18.0 Å². The summed E-state index contributed by atoms with van der Waals surface area (Å²) < 4.78 is 45.4. The molecule has 0 amide bonds. The number of esters is 1. The maximum Gasteiger partial charge on any atom is 0.417 e. The zero-order valence-corrected chi connectivity index (χ0v) is 17.5. The fraction of sp³-hybridized carbons (Fsp3) is 0.500. The summed E-state index contributed by atoms with van der Waals surface area (Å²) in [7, 11) is 0. The number of rotatable bonds is 6. The predicted octanol–water partition coefficient (Wildman–Crippen LogP) is 5.53. The maximum atomic E-state index is 12.7. The van der Waals surface area contributed by atoms with Crippen molar-refractivity contribution in [3.05, 3.63) is 34.7 Å². The Labute approximate surface area is 170 Å². The zero-order valence-electron chi connectivity index (χ0n) is 15.9. The van der Waals surface area contributed by atoms with Gasteiger partial charge in [0, 0.05) is 31.1 Å². The van der Waals surface area contributed by atoms with Crippen LogP contribution in [0, 0.1) is 6.92 Å². The van der Waals surface area contributed by atoms with E-state index in [4.69, 9.17) is 16.3 Å². The van der Waals surface area contributed by atoms with Crippen LogP contribution in [0.15, 0.2) is 28.6 Å². The predicted molar refractivity (Wildman–Crippen MR) is 100 cm³/mol. The minimum atomic E-state index is -4.50. The van der Waals surface area contributed by atoms with Gasteiger partial charge in [-0.25, -0.2) is 9.97 Å². The normalized spacial score (nSPS) is 12.3. The van der Waals surface area contributed by atoms with Gasteiger partial charge in [0.1, 0.15) is 10.6 Å². The molecule has 154 valence electrons. The van der Waals surface area contributed by atoms with Gasteiger partial charge in [-0.1, -0.05) is 11.6 Å². The van der Waals surface area contributed by atoms with Crippen LogP contribution in [0.2, 0.25) is 5.02 Å². The molecule has 2 aromatic rings. The number of carbonyl (C=O) groups excluding carboxylic acids is 1. The largest absolute Gasteiger partial charge is 0.460 e. The average molecular weight is 436 g/mol. The van der Waals surface area contributed by atoms with Gasteiger partial charge in [-0.2, -0.15) is 13.2 Å². The van der Waals surface area contributed by atoms with Crippen molar-refractivity contribution < 1.29 is 22.7 Å². The van der Waals surface area contributed by atoms with Crippen LogP contribution in [0.3, 0.4) is 0 Å². The van der Waals surface area contributed by atoms with Crippen LogP contribution in [0.25, 0.3) is 0 Å². The molecule has 2 rings (SSSR count). The van der Waals surface area contributed by atoms with Gasteiger partial charge in [0.2, 0.25) is 0 Å². The number of aryl methyl sites for hydroxylation is 1. The Kier molecular flexibility index (Phi) is 7.03. The molecular weight excluding hydrogens is 415 g/mol. The number of halogens is 4. The zero-order chi connectivity index (χ0) is 21.1. The molecular formula is C18H21ClF3N3O2S. The van der Waals surface area contributed by atoms with Gasteiger partial charge in [-0.3, -0.25) is 4.79 Å². The molecule has 0 N–H and O–H groups in total. The Morgan fingerprint density at radius 1 is 1.25 bits per heavy atom. The van der Waals surface area contributed by atoms with Crippen molar-refractivity contribution in [2.24, 2.45) is 0 Å². The van der Waals surface area contributed by atoms with E-state index in [1.807, 2.05) is 11.5 Å². The molecule has 0 saturated carbocycles. The summed E-state index contributed by atoms with van der Waals surface area (Å²) >= 11 is 7.05. The topological polar surface area (TPSA) is 57.0 Å². The Morgan fingerprint density at radius 2 is 1.93 bits per heavy atom. The fourth-order valence-corrected chi connectivity index (χ4v) is 3.48. The molecule has 2 heterocycles. The third-order valence-corrected chi connectivity index (χ3v) is 4.95. The van der Waals surface area contributed by atoms with E-state index >= 15 is 0 Å². The Hall–Kier alpha value is -1.74. The molecule has 0 aliphatic heterocycles. The minimum absolute atomic E-state index is 0.0965. The van der Waals surface area contributed by atoms with Crippen molar-refractivity contribution >= 4 is 29.3 Å². The van der Waals surface area contributed by atoms with Crippen LogP contribution < -0.4 is 0 Å². The third-order valence-electron chi connectivity index (χ3n) is 3.52. The summed E-state index contributed by atoms with van der Waals surface area (Å²) in [6, 6.07) is 0.847. The second-order valence-electron chi connectivity index (χ2n) is 7.13. The Bertz CT molecular complexity index is 848. The van der Waals surface area contributed by atoms with Crippen LogP contribution in [-0.4, -0.2) is 26.1 Å². The SMILES string of the molecule is Cc1cnc(Sc2ncc(C(F)(F)F)cc2Cl)n1CCCC(=O)OC(C)(C)C. The van der Waals surface area contributed by atoms with Gasteiger partial charge in [0.15, 0.2) is 5.16 Å². The second-order valence-corrected chi connectivity index (χ2v) is 8.50. The van der Waals surface area contributed by atoms with Gasteiger partial charge in [-0.15, -0.1) is 0 Å². The van der Waals surface area contributed by atoms with Crippen molar-refractivity contribution in [3.8, 4) is 0 Å². The lowest BCUT2D eigenvalue weighted by atomic mass is 10.2. The first-order chi connectivity index (χ1) is 12.9. The number of ether oxygens (including phenoxy) is 1. The lowest BCUT2D eigenvalue weighted by Crippen LogP contribution is -2.23. The van der Waals surface area contributed by atoms with E-state index in [-0.39, 0.29) is 22.4 Å². The van der Waals surface area contributed by atoms with Gasteiger partial charge in [-0.05, 0) is 51.9 Å². The van der Waals surface area contributed by atoms with Crippen LogP contribution in [0.5, 0.6) is 0 Å². The highest BCUT2D eigenvalue weighted by Crippen LogP contribution is 2.36. The number of nitrogens with zero attached hydrogens (tertiary/aromatic N) is 3. The van der Waals surface area contributed by atoms with E-state index < -0.39 is 17.3 Å². The summed E-state index contributed by atoms with van der Waals surface area (Å²) in [5.74, 6) is -0.285. The fourth-order valence-electron chi connectivity index (χ4n) is 2.31. The standard InChI is InChI=1S/C18H21ClF3N3O2S/c1-11-9-24-16(25(11)7-5-6-14(26)27-17(2,3)4)28-15-13(19)8-12(10-23-15)18(20,21)22/h8-10H,5-7H2,1-4H3. The van der Waals surface area contributed by atoms with E-state index in [0.717, 1.165) is 29.7 Å². The Balaban J connectivity index is 2.06. The number of pyridine rings is 1. The van der Waals surface area contributed by atoms with Crippen molar-refractivity contribution in [1.29, 1.82) is 0 Å². The van der Waals surface area contributed by atoms with Gasteiger partial charge in [0.25, 0.3) is 0 Å². The van der Waals surface area contributed by atoms with Crippen molar-refractivity contribution in [1.82, 2.24) is 14.5 Å². The lowest BCUT2D eigenvalue weighted by molar-refractivity contribution is -0.155. The molecule has 0 bridgehead atoms. The highest BCUT2D eigenvalue weighted by molar-refractivity contribution is 7.99. The quantitative estimate of drug-likeness (QED) is 0.558. The number of hydrogen-bond acceptors (Lipinski definition) is 5. The van der Waals surface area contributed by atoms with Crippen molar-refractivity contribution in [2.45, 2.75) is 69.0 Å². The molecule has 0 aliphatic carbocycles. The monoisotopic (exact) mass is 435 g/mol. The molecule has 5 nitrogen and oxygen atoms in total. The smallest absolute Gasteiger partial charge is 0.417 e.